The van der Waals surface area contributed by atoms with Crippen molar-refractivity contribution in [2.75, 3.05) is 25.5 Å². The number of carbonyl (C=O) groups excluding carboxylic acids is 1. The summed E-state index contributed by atoms with van der Waals surface area (Å²) in [6.45, 7) is 1.79. The molecule has 1 fully saturated rings. The molecular formula is C18H24N2O3. The first kappa shape index (κ1) is 15.9. The predicted octanol–water partition coefficient (Wildman–Crippen LogP) is 2.79. The minimum absolute atomic E-state index is 0.0633. The molecule has 0 bridgehead atoms. The van der Waals surface area contributed by atoms with Crippen LogP contribution in [-0.4, -0.2) is 43.2 Å². The van der Waals surface area contributed by atoms with E-state index >= 15 is 0 Å². The van der Waals surface area contributed by atoms with Crippen molar-refractivity contribution in [3.63, 3.8) is 0 Å². The Morgan fingerprint density at radius 1 is 1.35 bits per heavy atom. The lowest BCUT2D eigenvalue weighted by Crippen LogP contribution is -2.43. The molecule has 2 aliphatic heterocycles. The van der Waals surface area contributed by atoms with E-state index in [1.165, 1.54) is 0 Å². The number of allylic oxidation sites excluding steroid dienone is 1. The summed E-state index contributed by atoms with van der Waals surface area (Å²) in [4.78, 5) is 14.8. The first-order chi connectivity index (χ1) is 11.3. The molecule has 5 heteroatoms. The van der Waals surface area contributed by atoms with Crippen LogP contribution in [0, 0.1) is 0 Å². The molecule has 1 saturated heterocycles. The normalized spacial score (nSPS) is 24.2. The largest absolute Gasteiger partial charge is 0.497 e. The van der Waals surface area contributed by atoms with Gasteiger partial charge in [0.1, 0.15) is 11.9 Å². The van der Waals surface area contributed by atoms with E-state index in [1.54, 1.807) is 13.4 Å². The number of nitrogens with one attached hydrogen (secondary N) is 1. The van der Waals surface area contributed by atoms with Crippen molar-refractivity contribution in [2.24, 2.45) is 0 Å². The lowest BCUT2D eigenvalue weighted by Gasteiger charge is -2.29. The average molecular weight is 316 g/mol. The van der Waals surface area contributed by atoms with Crippen LogP contribution in [0.15, 0.2) is 36.6 Å². The van der Waals surface area contributed by atoms with Gasteiger partial charge in [0.05, 0.1) is 19.4 Å². The fraction of sp³-hybridized carbons (Fsp3) is 0.500. The van der Waals surface area contributed by atoms with Gasteiger partial charge in [-0.25, -0.2) is 0 Å². The summed E-state index contributed by atoms with van der Waals surface area (Å²) >= 11 is 0. The summed E-state index contributed by atoms with van der Waals surface area (Å²) in [6.07, 6.45) is 8.09. The van der Waals surface area contributed by atoms with Gasteiger partial charge < -0.3 is 14.8 Å². The number of anilines is 1. The Labute approximate surface area is 137 Å². The molecular weight excluding hydrogens is 292 g/mol. The van der Waals surface area contributed by atoms with Gasteiger partial charge in [0.15, 0.2) is 0 Å². The molecule has 2 aliphatic rings. The summed E-state index contributed by atoms with van der Waals surface area (Å²) in [5, 5.41) is 3.01. The van der Waals surface area contributed by atoms with Crippen LogP contribution >= 0.6 is 0 Å². The number of hydrogen-bond acceptors (Lipinski definition) is 4. The highest BCUT2D eigenvalue weighted by atomic mass is 16.5. The van der Waals surface area contributed by atoms with Crippen molar-refractivity contribution in [1.29, 1.82) is 0 Å². The van der Waals surface area contributed by atoms with E-state index in [0.29, 0.717) is 0 Å². The fourth-order valence-corrected chi connectivity index (χ4v) is 3.22. The number of rotatable bonds is 5. The highest BCUT2D eigenvalue weighted by molar-refractivity contribution is 5.95. The molecule has 2 heterocycles. The van der Waals surface area contributed by atoms with E-state index in [9.17, 15) is 4.79 Å². The maximum atomic E-state index is 12.6. The molecule has 1 N–H and O–H groups in total. The number of methoxy groups -OCH3 is 1. The van der Waals surface area contributed by atoms with Gasteiger partial charge in [0.2, 0.25) is 5.91 Å². The molecule has 1 aromatic rings. The van der Waals surface area contributed by atoms with Gasteiger partial charge in [-0.2, -0.15) is 0 Å². The Bertz CT molecular complexity index is 556. The lowest BCUT2D eigenvalue weighted by atomic mass is 10.1. The molecule has 2 atom stereocenters. The molecule has 0 radical (unpaired) electrons. The minimum atomic E-state index is -0.0633. The number of hydrogen-bond donors (Lipinski definition) is 1. The van der Waals surface area contributed by atoms with Crippen LogP contribution in [-0.2, 0) is 9.53 Å². The first-order valence-corrected chi connectivity index (χ1v) is 8.25. The van der Waals surface area contributed by atoms with E-state index in [4.69, 9.17) is 9.47 Å². The second-order valence-electron chi connectivity index (χ2n) is 6.08. The molecule has 0 aromatic heterocycles. The number of likely N-dealkylation sites (tertiary alicyclic amines) is 1. The Morgan fingerprint density at radius 3 is 2.87 bits per heavy atom. The fourth-order valence-electron chi connectivity index (χ4n) is 3.22. The number of ether oxygens (including phenoxy) is 2. The summed E-state index contributed by atoms with van der Waals surface area (Å²) in [7, 11) is 1.63. The standard InChI is InChI=1S/C18H24N2O3/c1-22-15-9-7-14(8-10-15)19-18(21)17-6-4-11-20(17)13-16-5-2-3-12-23-16/h3,7-10,12,16-17H,2,4-6,11,13H2,1H3,(H,19,21)/t16-,17-/m0/s1. The smallest absolute Gasteiger partial charge is 0.241 e. The number of carbonyl (C=O) groups is 1. The summed E-state index contributed by atoms with van der Waals surface area (Å²) in [5.74, 6) is 0.854. The van der Waals surface area contributed by atoms with Crippen molar-refractivity contribution in [2.45, 2.75) is 37.8 Å². The van der Waals surface area contributed by atoms with Crippen LogP contribution in [0.4, 0.5) is 5.69 Å². The van der Waals surface area contributed by atoms with Crippen molar-refractivity contribution >= 4 is 11.6 Å². The molecule has 1 amide bonds. The third-order valence-corrected chi connectivity index (χ3v) is 4.48. The van der Waals surface area contributed by atoms with Crippen molar-refractivity contribution in [1.82, 2.24) is 4.90 Å². The summed E-state index contributed by atoms with van der Waals surface area (Å²) in [6, 6.07) is 7.37. The van der Waals surface area contributed by atoms with Gasteiger partial charge >= 0.3 is 0 Å². The van der Waals surface area contributed by atoms with Crippen LogP contribution in [0.1, 0.15) is 25.7 Å². The van der Waals surface area contributed by atoms with E-state index in [0.717, 1.165) is 50.2 Å². The molecule has 124 valence electrons. The zero-order chi connectivity index (χ0) is 16.1. The Hall–Kier alpha value is -2.01. The molecule has 1 aromatic carbocycles. The van der Waals surface area contributed by atoms with Crippen molar-refractivity contribution in [3.05, 3.63) is 36.6 Å². The minimum Gasteiger partial charge on any atom is -0.497 e. The van der Waals surface area contributed by atoms with Gasteiger partial charge in [-0.15, -0.1) is 0 Å². The molecule has 0 spiro atoms. The summed E-state index contributed by atoms with van der Waals surface area (Å²) in [5.41, 5.74) is 0.805. The Kier molecular flexibility index (Phi) is 5.18. The third-order valence-electron chi connectivity index (χ3n) is 4.48. The van der Waals surface area contributed by atoms with Gasteiger partial charge in [-0.3, -0.25) is 9.69 Å². The highest BCUT2D eigenvalue weighted by Gasteiger charge is 2.32. The monoisotopic (exact) mass is 316 g/mol. The second kappa shape index (κ2) is 7.51. The van der Waals surface area contributed by atoms with Crippen molar-refractivity contribution < 1.29 is 14.3 Å². The van der Waals surface area contributed by atoms with E-state index in [2.05, 4.69) is 10.2 Å². The van der Waals surface area contributed by atoms with Gasteiger partial charge in [0, 0.05) is 12.2 Å². The van der Waals surface area contributed by atoms with Crippen LogP contribution in [0.25, 0.3) is 0 Å². The molecule has 0 saturated carbocycles. The number of benzene rings is 1. The molecule has 23 heavy (non-hydrogen) atoms. The first-order valence-electron chi connectivity index (χ1n) is 8.25. The van der Waals surface area contributed by atoms with Crippen LogP contribution in [0.3, 0.4) is 0 Å². The third kappa shape index (κ3) is 4.05. The second-order valence-corrected chi connectivity index (χ2v) is 6.08. The van der Waals surface area contributed by atoms with E-state index in [1.807, 2.05) is 30.3 Å². The molecule has 5 nitrogen and oxygen atoms in total. The Balaban J connectivity index is 1.57. The predicted molar refractivity (Wildman–Crippen MR) is 89.5 cm³/mol. The molecule has 0 unspecified atom stereocenters. The SMILES string of the molecule is COc1ccc(NC(=O)[C@@H]2CCCN2C[C@@H]2CCC=CO2)cc1. The van der Waals surface area contributed by atoms with Crippen LogP contribution in [0.2, 0.25) is 0 Å². The number of amides is 1. The molecule has 3 rings (SSSR count). The average Bonchev–Trinajstić information content (AvgIpc) is 3.05. The van der Waals surface area contributed by atoms with Gasteiger partial charge in [-0.05, 0) is 62.6 Å². The lowest BCUT2D eigenvalue weighted by molar-refractivity contribution is -0.120. The number of nitrogens with zero attached hydrogens (tertiary/aromatic N) is 1. The zero-order valence-corrected chi connectivity index (χ0v) is 13.5. The van der Waals surface area contributed by atoms with Gasteiger partial charge in [-0.1, -0.05) is 0 Å². The maximum absolute atomic E-state index is 12.6. The van der Waals surface area contributed by atoms with E-state index in [-0.39, 0.29) is 18.1 Å². The summed E-state index contributed by atoms with van der Waals surface area (Å²) < 4.78 is 10.8. The quantitative estimate of drug-likeness (QED) is 0.907. The highest BCUT2D eigenvalue weighted by Crippen LogP contribution is 2.22. The van der Waals surface area contributed by atoms with Crippen LogP contribution < -0.4 is 10.1 Å². The molecule has 0 aliphatic carbocycles. The Morgan fingerprint density at radius 2 is 2.17 bits per heavy atom. The van der Waals surface area contributed by atoms with E-state index < -0.39 is 0 Å². The van der Waals surface area contributed by atoms with Crippen molar-refractivity contribution in [3.8, 4) is 5.75 Å². The van der Waals surface area contributed by atoms with Gasteiger partial charge in [0.25, 0.3) is 0 Å². The van der Waals surface area contributed by atoms with Crippen LogP contribution in [0.5, 0.6) is 5.75 Å². The zero-order valence-electron chi connectivity index (χ0n) is 13.5. The maximum Gasteiger partial charge on any atom is 0.241 e. The topological polar surface area (TPSA) is 50.8 Å².